The quantitative estimate of drug-likeness (QED) is 0.409. The molecule has 25 heavy (non-hydrogen) atoms. The van der Waals surface area contributed by atoms with Gasteiger partial charge in [0.25, 0.3) is 0 Å². The van der Waals surface area contributed by atoms with Gasteiger partial charge < -0.3 is 0 Å². The minimum atomic E-state index is 0.586. The maximum atomic E-state index is 9.46. The molecule has 0 fully saturated rings. The van der Waals surface area contributed by atoms with Crippen LogP contribution in [0.15, 0.2) is 83.9 Å². The molecule has 0 radical (unpaired) electrons. The maximum Gasteiger partial charge on any atom is 0.101 e. The lowest BCUT2D eigenvalue weighted by Gasteiger charge is -2.09. The van der Waals surface area contributed by atoms with E-state index >= 15 is 0 Å². The Balaban J connectivity index is 2.17. The van der Waals surface area contributed by atoms with Gasteiger partial charge in [0.15, 0.2) is 0 Å². The Labute approximate surface area is 156 Å². The number of hydrogen-bond donors (Lipinski definition) is 0. The van der Waals surface area contributed by atoms with E-state index in [0.29, 0.717) is 11.3 Å². The largest absolute Gasteiger partial charge is 0.246 e. The summed E-state index contributed by atoms with van der Waals surface area (Å²) in [6, 6.07) is 28.2. The Hall–Kier alpha value is -2.70. The van der Waals surface area contributed by atoms with Crippen molar-refractivity contribution in [1.82, 2.24) is 0 Å². The van der Waals surface area contributed by atoms with Gasteiger partial charge in [0, 0.05) is 16.5 Å². The third-order valence-electron chi connectivity index (χ3n) is 3.89. The van der Waals surface area contributed by atoms with E-state index in [0.717, 1.165) is 34.2 Å². The Morgan fingerprint density at radius 3 is 2.00 bits per heavy atom. The summed E-state index contributed by atoms with van der Waals surface area (Å²) in [4.78, 5) is 4.89. The molecule has 2 nitrogen and oxygen atoms in total. The maximum absolute atomic E-state index is 9.46. The molecule has 0 heterocycles. The Morgan fingerprint density at radius 2 is 1.48 bits per heavy atom. The standard InChI is InChI=1S/C22H17BrN2/c23-14-13-17-11-12-20(16-24)21(15-17)25-22(18-7-3-1-4-8-18)19-9-5-2-6-10-19/h1-12,15H,13-14H2. The van der Waals surface area contributed by atoms with Gasteiger partial charge in [-0.1, -0.05) is 82.7 Å². The van der Waals surface area contributed by atoms with Crippen molar-refractivity contribution in [3.05, 3.63) is 101 Å². The fourth-order valence-electron chi connectivity index (χ4n) is 2.64. The molecule has 0 amide bonds. The summed E-state index contributed by atoms with van der Waals surface area (Å²) in [5.41, 5.74) is 5.39. The average molecular weight is 389 g/mol. The molecule has 3 rings (SSSR count). The second-order valence-corrected chi connectivity index (χ2v) is 6.39. The highest BCUT2D eigenvalue weighted by Crippen LogP contribution is 2.24. The van der Waals surface area contributed by atoms with Crippen molar-refractivity contribution in [3.8, 4) is 6.07 Å². The van der Waals surface area contributed by atoms with E-state index in [4.69, 9.17) is 4.99 Å². The van der Waals surface area contributed by atoms with E-state index in [9.17, 15) is 5.26 Å². The average Bonchev–Trinajstić information content (AvgIpc) is 2.68. The van der Waals surface area contributed by atoms with Gasteiger partial charge >= 0.3 is 0 Å². The van der Waals surface area contributed by atoms with E-state index < -0.39 is 0 Å². The lowest BCUT2D eigenvalue weighted by Crippen LogP contribution is -2.03. The monoisotopic (exact) mass is 388 g/mol. The highest BCUT2D eigenvalue weighted by Gasteiger charge is 2.09. The number of nitriles is 1. The molecule has 0 bridgehead atoms. The molecule has 0 saturated carbocycles. The molecule has 0 saturated heterocycles. The van der Waals surface area contributed by atoms with Gasteiger partial charge in [-0.25, -0.2) is 4.99 Å². The zero-order valence-corrected chi connectivity index (χ0v) is 15.3. The summed E-state index contributed by atoms with van der Waals surface area (Å²) >= 11 is 3.47. The third-order valence-corrected chi connectivity index (χ3v) is 4.29. The zero-order valence-electron chi connectivity index (χ0n) is 13.7. The van der Waals surface area contributed by atoms with Crippen LogP contribution >= 0.6 is 15.9 Å². The van der Waals surface area contributed by atoms with Gasteiger partial charge in [-0.15, -0.1) is 0 Å². The van der Waals surface area contributed by atoms with E-state index in [1.807, 2.05) is 78.9 Å². The highest BCUT2D eigenvalue weighted by atomic mass is 79.9. The van der Waals surface area contributed by atoms with Gasteiger partial charge in [0.1, 0.15) is 6.07 Å². The van der Waals surface area contributed by atoms with Crippen LogP contribution in [0.4, 0.5) is 5.69 Å². The summed E-state index contributed by atoms with van der Waals surface area (Å²) in [6.45, 7) is 0. The van der Waals surface area contributed by atoms with Crippen molar-refractivity contribution in [1.29, 1.82) is 5.26 Å². The van der Waals surface area contributed by atoms with Crippen LogP contribution in [0.1, 0.15) is 22.3 Å². The number of halogens is 1. The molecule has 0 aliphatic rings. The van der Waals surface area contributed by atoms with Gasteiger partial charge in [-0.05, 0) is 24.1 Å². The number of alkyl halides is 1. The molecule has 0 aliphatic heterocycles. The normalized spacial score (nSPS) is 10.1. The van der Waals surface area contributed by atoms with Crippen LogP contribution in [-0.2, 0) is 6.42 Å². The molecule has 0 aromatic heterocycles. The van der Waals surface area contributed by atoms with Gasteiger partial charge in [0.05, 0.1) is 17.0 Å². The molecule has 0 unspecified atom stereocenters. The van der Waals surface area contributed by atoms with Crippen LogP contribution in [-0.4, -0.2) is 11.0 Å². The van der Waals surface area contributed by atoms with Crippen LogP contribution < -0.4 is 0 Å². The molecule has 3 aromatic rings. The SMILES string of the molecule is N#Cc1ccc(CCBr)cc1N=C(c1ccccc1)c1ccccc1. The number of hydrogen-bond acceptors (Lipinski definition) is 2. The summed E-state index contributed by atoms with van der Waals surface area (Å²) < 4.78 is 0. The predicted molar refractivity (Wildman–Crippen MR) is 107 cm³/mol. The fraction of sp³-hybridized carbons (Fsp3) is 0.0909. The first kappa shape index (κ1) is 17.1. The second kappa shape index (κ2) is 8.41. The summed E-state index contributed by atoms with van der Waals surface area (Å²) in [7, 11) is 0. The second-order valence-electron chi connectivity index (χ2n) is 5.59. The Kier molecular flexibility index (Phi) is 5.77. The van der Waals surface area contributed by atoms with Crippen molar-refractivity contribution in [3.63, 3.8) is 0 Å². The molecule has 0 atom stereocenters. The molecule has 0 spiro atoms. The van der Waals surface area contributed by atoms with Gasteiger partial charge in [-0.3, -0.25) is 0 Å². The summed E-state index contributed by atoms with van der Waals surface area (Å²) in [5.74, 6) is 0. The number of aryl methyl sites for hydroxylation is 1. The van der Waals surface area contributed by atoms with E-state index in [2.05, 4.69) is 22.0 Å². The highest BCUT2D eigenvalue weighted by molar-refractivity contribution is 9.09. The fourth-order valence-corrected chi connectivity index (χ4v) is 3.09. The number of rotatable bonds is 5. The van der Waals surface area contributed by atoms with Crippen LogP contribution in [0.3, 0.4) is 0 Å². The molecule has 0 aliphatic carbocycles. The summed E-state index contributed by atoms with van der Waals surface area (Å²) in [6.07, 6.45) is 0.903. The van der Waals surface area contributed by atoms with Crippen LogP contribution in [0, 0.1) is 11.3 Å². The lowest BCUT2D eigenvalue weighted by molar-refractivity contribution is 1.16. The molecular formula is C22H17BrN2. The first-order chi connectivity index (χ1) is 12.3. The van der Waals surface area contributed by atoms with Crippen LogP contribution in [0.2, 0.25) is 0 Å². The molecular weight excluding hydrogens is 372 g/mol. The molecule has 0 N–H and O–H groups in total. The topological polar surface area (TPSA) is 36.1 Å². The Morgan fingerprint density at radius 1 is 0.880 bits per heavy atom. The van der Waals surface area contributed by atoms with E-state index in [-0.39, 0.29) is 0 Å². The smallest absolute Gasteiger partial charge is 0.101 e. The number of aliphatic imine (C=N–C) groups is 1. The van der Waals surface area contributed by atoms with Crippen LogP contribution in [0.25, 0.3) is 0 Å². The minimum absolute atomic E-state index is 0.586. The lowest BCUT2D eigenvalue weighted by atomic mass is 10.0. The number of benzene rings is 3. The Bertz CT molecular complexity index is 868. The van der Waals surface area contributed by atoms with Crippen molar-refractivity contribution in [2.45, 2.75) is 6.42 Å². The number of nitrogens with zero attached hydrogens (tertiary/aromatic N) is 2. The third kappa shape index (κ3) is 4.23. The van der Waals surface area contributed by atoms with Crippen molar-refractivity contribution < 1.29 is 0 Å². The van der Waals surface area contributed by atoms with Crippen LogP contribution in [0.5, 0.6) is 0 Å². The van der Waals surface area contributed by atoms with Crippen molar-refractivity contribution in [2.75, 3.05) is 5.33 Å². The van der Waals surface area contributed by atoms with Gasteiger partial charge in [0.2, 0.25) is 0 Å². The van der Waals surface area contributed by atoms with Gasteiger partial charge in [-0.2, -0.15) is 5.26 Å². The van der Waals surface area contributed by atoms with E-state index in [1.54, 1.807) is 0 Å². The van der Waals surface area contributed by atoms with E-state index in [1.165, 1.54) is 0 Å². The first-order valence-electron chi connectivity index (χ1n) is 8.10. The summed E-state index contributed by atoms with van der Waals surface area (Å²) in [5, 5.41) is 10.3. The zero-order chi connectivity index (χ0) is 17.5. The first-order valence-corrected chi connectivity index (χ1v) is 9.22. The molecule has 3 heteroatoms. The predicted octanol–water partition coefficient (Wildman–Crippen LogP) is 5.66. The minimum Gasteiger partial charge on any atom is -0.246 e. The molecule has 122 valence electrons. The van der Waals surface area contributed by atoms with Crippen molar-refractivity contribution in [2.24, 2.45) is 4.99 Å². The molecule has 3 aromatic carbocycles. The van der Waals surface area contributed by atoms with Crippen molar-refractivity contribution >= 4 is 27.3 Å².